The minimum Gasteiger partial charge on any atom is -0.462 e. The van der Waals surface area contributed by atoms with Crippen LogP contribution in [0.3, 0.4) is 0 Å². The van der Waals surface area contributed by atoms with Crippen molar-refractivity contribution >= 4 is 75.7 Å². The average molecular weight is 734 g/mol. The summed E-state index contributed by atoms with van der Waals surface area (Å²) in [7, 11) is 0. The van der Waals surface area contributed by atoms with Gasteiger partial charge in [-0.05, 0) is 82.5 Å². The molecule has 1 unspecified atom stereocenters. The Balaban J connectivity index is 2.83. The Morgan fingerprint density at radius 1 is 0.647 bits per heavy atom. The van der Waals surface area contributed by atoms with E-state index in [9.17, 15) is 9.59 Å². The number of ether oxygens (including phenoxy) is 2. The molecule has 0 aliphatic heterocycles. The molecule has 0 aliphatic carbocycles. The van der Waals surface area contributed by atoms with Gasteiger partial charge in [-0.1, -0.05) is 85.0 Å². The first-order valence-electron chi connectivity index (χ1n) is 12.5. The number of hydrogen-bond donors (Lipinski definition) is 0. The van der Waals surface area contributed by atoms with Gasteiger partial charge in [0.25, 0.3) is 0 Å². The number of unbranched alkanes of at least 4 members (excludes halogenated alkanes) is 8. The maximum atomic E-state index is 13.1. The van der Waals surface area contributed by atoms with E-state index >= 15 is 0 Å². The number of benzene rings is 1. The predicted molar refractivity (Wildman–Crippen MR) is 154 cm³/mol. The van der Waals surface area contributed by atoms with Crippen molar-refractivity contribution in [2.24, 2.45) is 5.92 Å². The van der Waals surface area contributed by atoms with E-state index in [2.05, 4.69) is 84.5 Å². The van der Waals surface area contributed by atoms with Gasteiger partial charge in [0.05, 0.1) is 24.3 Å². The number of esters is 2. The molecule has 1 aromatic carbocycles. The lowest BCUT2D eigenvalue weighted by Crippen LogP contribution is -2.19. The maximum absolute atomic E-state index is 13.1. The fourth-order valence-electron chi connectivity index (χ4n) is 3.65. The Hall–Kier alpha value is 0.0800. The minimum absolute atomic E-state index is 0.174. The van der Waals surface area contributed by atoms with Gasteiger partial charge in [-0.2, -0.15) is 0 Å². The van der Waals surface area contributed by atoms with E-state index in [-0.39, 0.29) is 11.1 Å². The van der Waals surface area contributed by atoms with Crippen molar-refractivity contribution in [3.8, 4) is 0 Å². The topological polar surface area (TPSA) is 52.6 Å². The summed E-state index contributed by atoms with van der Waals surface area (Å²) in [4.78, 5) is 26.1. The normalized spacial score (nSPS) is 12.0. The largest absolute Gasteiger partial charge is 0.462 e. The lowest BCUT2D eigenvalue weighted by Gasteiger charge is -2.18. The lowest BCUT2D eigenvalue weighted by atomic mass is 10.0. The molecule has 0 radical (unpaired) electrons. The van der Waals surface area contributed by atoms with Crippen LogP contribution in [0.1, 0.15) is 119 Å². The Labute approximate surface area is 239 Å². The van der Waals surface area contributed by atoms with E-state index < -0.39 is 11.9 Å². The van der Waals surface area contributed by atoms with Gasteiger partial charge in [-0.15, -0.1) is 0 Å². The molecule has 0 aliphatic rings. The first kappa shape index (κ1) is 32.1. The summed E-state index contributed by atoms with van der Waals surface area (Å²) in [6.07, 6.45) is 13.5. The Morgan fingerprint density at radius 3 is 1.62 bits per heavy atom. The first-order chi connectivity index (χ1) is 16.3. The summed E-state index contributed by atoms with van der Waals surface area (Å²) in [5.74, 6) is -0.758. The maximum Gasteiger partial charge on any atom is 0.340 e. The number of rotatable bonds is 17. The molecule has 0 spiro atoms. The van der Waals surface area contributed by atoms with Crippen molar-refractivity contribution < 1.29 is 19.1 Å². The number of halogens is 4. The van der Waals surface area contributed by atoms with E-state index in [0.29, 0.717) is 37.0 Å². The van der Waals surface area contributed by atoms with Gasteiger partial charge in [0.1, 0.15) is 0 Å². The van der Waals surface area contributed by atoms with Crippen LogP contribution >= 0.6 is 63.7 Å². The molecule has 0 fully saturated rings. The predicted octanol–water partition coefficient (Wildman–Crippen LogP) is 10.4. The van der Waals surface area contributed by atoms with Gasteiger partial charge in [-0.25, -0.2) is 9.59 Å². The monoisotopic (exact) mass is 730 g/mol. The fourth-order valence-corrected chi connectivity index (χ4v) is 6.09. The molecule has 0 aromatic heterocycles. The van der Waals surface area contributed by atoms with E-state index in [1.807, 2.05) is 0 Å². The molecule has 0 bridgehead atoms. The van der Waals surface area contributed by atoms with Crippen LogP contribution in [-0.2, 0) is 9.47 Å². The minimum atomic E-state index is -0.534. The van der Waals surface area contributed by atoms with Gasteiger partial charge >= 0.3 is 11.9 Å². The average Bonchev–Trinajstić information content (AvgIpc) is 2.83. The van der Waals surface area contributed by atoms with Crippen molar-refractivity contribution in [3.63, 3.8) is 0 Å². The van der Waals surface area contributed by atoms with Crippen molar-refractivity contribution in [1.82, 2.24) is 0 Å². The zero-order chi connectivity index (χ0) is 25.5. The molecule has 0 saturated heterocycles. The molecular weight excluding hydrogens is 696 g/mol. The van der Waals surface area contributed by atoms with E-state index in [1.54, 1.807) is 0 Å². The van der Waals surface area contributed by atoms with Crippen molar-refractivity contribution in [2.45, 2.75) is 97.8 Å². The van der Waals surface area contributed by atoms with Crippen LogP contribution in [0.2, 0.25) is 0 Å². The highest BCUT2D eigenvalue weighted by Crippen LogP contribution is 2.42. The van der Waals surface area contributed by atoms with Crippen LogP contribution in [0, 0.1) is 5.92 Å². The summed E-state index contributed by atoms with van der Waals surface area (Å²) < 4.78 is 13.4. The SMILES string of the molecule is CCCCCCCCCCOC(=O)c1c(Br)c(Br)c(Br)c(Br)c1C(=O)OCC(CC)CCCC. The fraction of sp³-hybridized carbons (Fsp3) is 0.692. The molecular formula is C26H38Br4O4. The second-order valence-electron chi connectivity index (χ2n) is 8.63. The third-order valence-electron chi connectivity index (χ3n) is 5.90. The highest BCUT2D eigenvalue weighted by molar-refractivity contribution is 9.15. The second-order valence-corrected chi connectivity index (χ2v) is 11.8. The molecule has 0 amide bonds. The van der Waals surface area contributed by atoms with Crippen molar-refractivity contribution in [3.05, 3.63) is 29.0 Å². The summed E-state index contributed by atoms with van der Waals surface area (Å²) in [6, 6.07) is 0. The van der Waals surface area contributed by atoms with Gasteiger partial charge in [0.15, 0.2) is 0 Å². The standard InChI is InChI=1S/C26H38Br4O4/c1-4-7-9-10-11-12-13-14-16-33-25(31)19-20(22(28)24(30)23(29)21(19)27)26(32)34-17-18(6-3)15-8-5-2/h18H,4-17H2,1-3H3. The highest BCUT2D eigenvalue weighted by Gasteiger charge is 2.30. The van der Waals surface area contributed by atoms with Crippen LogP contribution in [0.5, 0.6) is 0 Å². The molecule has 34 heavy (non-hydrogen) atoms. The van der Waals surface area contributed by atoms with Gasteiger partial charge in [0, 0.05) is 17.9 Å². The third kappa shape index (κ3) is 10.6. The van der Waals surface area contributed by atoms with Gasteiger partial charge in [-0.3, -0.25) is 0 Å². The van der Waals surface area contributed by atoms with Crippen molar-refractivity contribution in [1.29, 1.82) is 0 Å². The highest BCUT2D eigenvalue weighted by atomic mass is 79.9. The number of hydrogen-bond acceptors (Lipinski definition) is 4. The molecule has 1 aromatic rings. The van der Waals surface area contributed by atoms with Gasteiger partial charge in [0.2, 0.25) is 0 Å². The van der Waals surface area contributed by atoms with Crippen LogP contribution in [0.15, 0.2) is 17.9 Å². The van der Waals surface area contributed by atoms with Crippen LogP contribution in [-0.4, -0.2) is 25.2 Å². The summed E-state index contributed by atoms with van der Waals surface area (Å²) in [5, 5.41) is 0. The Morgan fingerprint density at radius 2 is 1.12 bits per heavy atom. The molecule has 0 heterocycles. The zero-order valence-electron chi connectivity index (χ0n) is 20.6. The first-order valence-corrected chi connectivity index (χ1v) is 15.7. The number of carbonyl (C=O) groups is 2. The van der Waals surface area contributed by atoms with Gasteiger partial charge < -0.3 is 9.47 Å². The quantitative estimate of drug-likeness (QED) is 0.0692. The molecule has 0 saturated carbocycles. The Bertz CT molecular complexity index is 783. The summed E-state index contributed by atoms with van der Waals surface area (Å²) in [5.41, 5.74) is 0.348. The van der Waals surface area contributed by atoms with Crippen molar-refractivity contribution in [2.75, 3.05) is 13.2 Å². The molecule has 0 N–H and O–H groups in total. The van der Waals surface area contributed by atoms with E-state index in [1.165, 1.54) is 32.1 Å². The summed E-state index contributed by atoms with van der Waals surface area (Å²) in [6.45, 7) is 7.13. The summed E-state index contributed by atoms with van der Waals surface area (Å²) >= 11 is 13.9. The second kappa shape index (κ2) is 18.3. The van der Waals surface area contributed by atoms with Crippen LogP contribution in [0.4, 0.5) is 0 Å². The van der Waals surface area contributed by atoms with E-state index in [4.69, 9.17) is 9.47 Å². The molecule has 1 rings (SSSR count). The molecule has 8 heteroatoms. The smallest absolute Gasteiger partial charge is 0.340 e. The Kier molecular flexibility index (Phi) is 17.3. The lowest BCUT2D eigenvalue weighted by molar-refractivity contribution is 0.0402. The molecule has 194 valence electrons. The molecule has 1 atom stereocenters. The number of carbonyl (C=O) groups excluding carboxylic acids is 2. The van der Waals surface area contributed by atoms with Crippen LogP contribution in [0.25, 0.3) is 0 Å². The molecule has 4 nitrogen and oxygen atoms in total. The third-order valence-corrected chi connectivity index (χ3v) is 10.7. The van der Waals surface area contributed by atoms with Crippen LogP contribution < -0.4 is 0 Å². The zero-order valence-corrected chi connectivity index (χ0v) is 27.0. The van der Waals surface area contributed by atoms with E-state index in [0.717, 1.165) is 44.9 Å².